The minimum Gasteiger partial charge on any atom is -0.355 e. The Labute approximate surface area is 145 Å². The van der Waals surface area contributed by atoms with E-state index in [1.165, 1.54) is 5.56 Å². The normalized spacial score (nSPS) is 10.5. The van der Waals surface area contributed by atoms with Crippen molar-refractivity contribution < 1.29 is 4.79 Å². The van der Waals surface area contributed by atoms with E-state index in [1.54, 1.807) is 17.5 Å². The molecule has 3 aromatic rings. The van der Waals surface area contributed by atoms with Gasteiger partial charge in [-0.05, 0) is 25.1 Å². The molecule has 4 nitrogen and oxygen atoms in total. The lowest BCUT2D eigenvalue weighted by Crippen LogP contribution is -2.27. The Morgan fingerprint density at radius 1 is 1.17 bits per heavy atom. The highest BCUT2D eigenvalue weighted by atomic mass is 32.1. The maximum atomic E-state index is 12.0. The quantitative estimate of drug-likeness (QED) is 0.750. The molecule has 0 unspecified atom stereocenters. The fourth-order valence-electron chi connectivity index (χ4n) is 2.40. The summed E-state index contributed by atoms with van der Waals surface area (Å²) in [7, 11) is 0. The number of carbonyl (C=O) groups is 1. The number of aryl methyl sites for hydroxylation is 1. The number of pyridine rings is 1. The summed E-state index contributed by atoms with van der Waals surface area (Å²) < 4.78 is 0. The molecular weight excluding hydrogens is 318 g/mol. The van der Waals surface area contributed by atoms with E-state index < -0.39 is 0 Å². The number of hydrogen-bond acceptors (Lipinski definition) is 4. The fraction of sp³-hybridized carbons (Fsp3) is 0.211. The van der Waals surface area contributed by atoms with Crippen LogP contribution >= 0.6 is 11.3 Å². The van der Waals surface area contributed by atoms with E-state index in [0.29, 0.717) is 13.0 Å². The zero-order valence-electron chi connectivity index (χ0n) is 13.5. The van der Waals surface area contributed by atoms with Crippen LogP contribution in [-0.4, -0.2) is 22.4 Å². The van der Waals surface area contributed by atoms with Crippen LogP contribution in [0.25, 0.3) is 10.6 Å². The standard InChI is InChI=1S/C19H19N3OS/c1-14-5-4-6-15(11-14)19-22-17(13-24-19)12-18(23)21-10-8-16-7-2-3-9-20-16/h2-7,9,11,13H,8,10,12H2,1H3,(H,21,23). The number of nitrogens with zero attached hydrogens (tertiary/aromatic N) is 2. The van der Waals surface area contributed by atoms with Crippen LogP contribution in [0.2, 0.25) is 0 Å². The van der Waals surface area contributed by atoms with Gasteiger partial charge in [0.05, 0.1) is 12.1 Å². The zero-order chi connectivity index (χ0) is 16.8. The SMILES string of the molecule is Cc1cccc(-c2nc(CC(=O)NCCc3ccccn3)cs2)c1. The van der Waals surface area contributed by atoms with Gasteiger partial charge >= 0.3 is 0 Å². The van der Waals surface area contributed by atoms with Crippen LogP contribution in [0, 0.1) is 6.92 Å². The van der Waals surface area contributed by atoms with E-state index >= 15 is 0 Å². The van der Waals surface area contributed by atoms with E-state index in [9.17, 15) is 4.79 Å². The molecule has 0 fully saturated rings. The van der Waals surface area contributed by atoms with Gasteiger partial charge in [0.1, 0.15) is 5.01 Å². The maximum Gasteiger partial charge on any atom is 0.226 e. The molecule has 1 amide bonds. The summed E-state index contributed by atoms with van der Waals surface area (Å²) in [6, 6.07) is 14.0. The summed E-state index contributed by atoms with van der Waals surface area (Å²) in [5, 5.41) is 5.83. The third kappa shape index (κ3) is 4.49. The monoisotopic (exact) mass is 337 g/mol. The summed E-state index contributed by atoms with van der Waals surface area (Å²) in [5.74, 6) is -0.00739. The molecule has 0 aliphatic carbocycles. The molecule has 2 heterocycles. The van der Waals surface area contributed by atoms with Gasteiger partial charge in [-0.1, -0.05) is 29.8 Å². The molecule has 0 radical (unpaired) electrons. The second-order valence-corrected chi connectivity index (χ2v) is 6.47. The van der Waals surface area contributed by atoms with Gasteiger partial charge in [-0.3, -0.25) is 9.78 Å². The van der Waals surface area contributed by atoms with E-state index in [-0.39, 0.29) is 5.91 Å². The van der Waals surface area contributed by atoms with Crippen molar-refractivity contribution in [2.75, 3.05) is 6.54 Å². The topological polar surface area (TPSA) is 54.9 Å². The summed E-state index contributed by atoms with van der Waals surface area (Å²) in [6.45, 7) is 2.65. The van der Waals surface area contributed by atoms with Crippen LogP contribution < -0.4 is 5.32 Å². The number of carbonyl (C=O) groups excluding carboxylic acids is 1. The minimum absolute atomic E-state index is 0.00739. The lowest BCUT2D eigenvalue weighted by atomic mass is 10.1. The molecule has 0 aliphatic heterocycles. The molecule has 5 heteroatoms. The van der Waals surface area contributed by atoms with Crippen LogP contribution in [0.3, 0.4) is 0 Å². The largest absolute Gasteiger partial charge is 0.355 e. The predicted molar refractivity (Wildman–Crippen MR) is 96.9 cm³/mol. The number of rotatable bonds is 6. The number of thiazole rings is 1. The van der Waals surface area contributed by atoms with E-state index in [1.807, 2.05) is 35.7 Å². The molecule has 3 rings (SSSR count). The van der Waals surface area contributed by atoms with Gasteiger partial charge in [0.2, 0.25) is 5.91 Å². The van der Waals surface area contributed by atoms with E-state index in [2.05, 4.69) is 34.3 Å². The van der Waals surface area contributed by atoms with Gasteiger partial charge in [0.15, 0.2) is 0 Å². The van der Waals surface area contributed by atoms with Crippen LogP contribution in [0.1, 0.15) is 17.0 Å². The highest BCUT2D eigenvalue weighted by Gasteiger charge is 2.09. The highest BCUT2D eigenvalue weighted by molar-refractivity contribution is 7.13. The fourth-order valence-corrected chi connectivity index (χ4v) is 3.22. The van der Waals surface area contributed by atoms with E-state index in [0.717, 1.165) is 28.4 Å². The van der Waals surface area contributed by atoms with Crippen LogP contribution in [0.5, 0.6) is 0 Å². The molecule has 24 heavy (non-hydrogen) atoms. The smallest absolute Gasteiger partial charge is 0.226 e. The molecule has 0 bridgehead atoms. The average Bonchev–Trinajstić information content (AvgIpc) is 3.04. The number of aromatic nitrogens is 2. The first-order chi connectivity index (χ1) is 11.7. The molecular formula is C19H19N3OS. The van der Waals surface area contributed by atoms with Crippen molar-refractivity contribution in [2.24, 2.45) is 0 Å². The summed E-state index contributed by atoms with van der Waals surface area (Å²) >= 11 is 1.57. The summed E-state index contributed by atoms with van der Waals surface area (Å²) in [4.78, 5) is 20.9. The highest BCUT2D eigenvalue weighted by Crippen LogP contribution is 2.24. The average molecular weight is 337 g/mol. The molecule has 1 N–H and O–H groups in total. The molecule has 0 saturated carbocycles. The summed E-state index contributed by atoms with van der Waals surface area (Å²) in [5.41, 5.74) is 4.10. The van der Waals surface area contributed by atoms with Crippen molar-refractivity contribution in [1.82, 2.24) is 15.3 Å². The van der Waals surface area contributed by atoms with E-state index in [4.69, 9.17) is 0 Å². The van der Waals surface area contributed by atoms with Gasteiger partial charge < -0.3 is 5.32 Å². The van der Waals surface area contributed by atoms with Gasteiger partial charge in [-0.25, -0.2) is 4.98 Å². The molecule has 0 atom stereocenters. The summed E-state index contributed by atoms with van der Waals surface area (Å²) in [6.07, 6.45) is 2.81. The molecule has 0 saturated heterocycles. The molecule has 1 aromatic carbocycles. The number of nitrogens with one attached hydrogen (secondary N) is 1. The Morgan fingerprint density at radius 2 is 2.08 bits per heavy atom. The lowest BCUT2D eigenvalue weighted by molar-refractivity contribution is -0.120. The first-order valence-corrected chi connectivity index (χ1v) is 8.77. The Bertz CT molecular complexity index is 814. The Morgan fingerprint density at radius 3 is 2.88 bits per heavy atom. The van der Waals surface area contributed by atoms with Gasteiger partial charge in [0, 0.05) is 35.8 Å². The van der Waals surface area contributed by atoms with Gasteiger partial charge in [-0.15, -0.1) is 11.3 Å². The van der Waals surface area contributed by atoms with Crippen molar-refractivity contribution in [2.45, 2.75) is 19.8 Å². The van der Waals surface area contributed by atoms with Crippen LogP contribution in [-0.2, 0) is 17.6 Å². The first kappa shape index (κ1) is 16.3. The van der Waals surface area contributed by atoms with Crippen LogP contribution in [0.4, 0.5) is 0 Å². The Hall–Kier alpha value is -2.53. The molecule has 122 valence electrons. The zero-order valence-corrected chi connectivity index (χ0v) is 14.3. The molecule has 0 aliphatic rings. The maximum absolute atomic E-state index is 12.0. The second-order valence-electron chi connectivity index (χ2n) is 5.61. The Balaban J connectivity index is 1.52. The Kier molecular flexibility index (Phi) is 5.33. The van der Waals surface area contributed by atoms with Crippen molar-refractivity contribution >= 4 is 17.2 Å². The first-order valence-electron chi connectivity index (χ1n) is 7.89. The molecule has 2 aromatic heterocycles. The minimum atomic E-state index is -0.00739. The van der Waals surface area contributed by atoms with Crippen molar-refractivity contribution in [3.05, 3.63) is 71.0 Å². The molecule has 0 spiro atoms. The van der Waals surface area contributed by atoms with Crippen molar-refractivity contribution in [3.8, 4) is 10.6 Å². The second kappa shape index (κ2) is 7.84. The van der Waals surface area contributed by atoms with Gasteiger partial charge in [-0.2, -0.15) is 0 Å². The van der Waals surface area contributed by atoms with Gasteiger partial charge in [0.25, 0.3) is 0 Å². The lowest BCUT2D eigenvalue weighted by Gasteiger charge is -2.03. The van der Waals surface area contributed by atoms with Crippen molar-refractivity contribution in [1.29, 1.82) is 0 Å². The third-order valence-electron chi connectivity index (χ3n) is 3.59. The van der Waals surface area contributed by atoms with Crippen molar-refractivity contribution in [3.63, 3.8) is 0 Å². The number of benzene rings is 1. The number of amides is 1. The van der Waals surface area contributed by atoms with Crippen LogP contribution in [0.15, 0.2) is 54.0 Å². The number of hydrogen-bond donors (Lipinski definition) is 1. The predicted octanol–water partition coefficient (Wildman–Crippen LogP) is 3.41. The third-order valence-corrected chi connectivity index (χ3v) is 4.53.